The van der Waals surface area contributed by atoms with Crippen LogP contribution in [0.15, 0.2) is 29.2 Å². The van der Waals surface area contributed by atoms with Crippen LogP contribution >= 0.6 is 11.8 Å². The summed E-state index contributed by atoms with van der Waals surface area (Å²) in [5.41, 5.74) is 1.20. The molecule has 0 aliphatic heterocycles. The fourth-order valence-electron chi connectivity index (χ4n) is 2.39. The average Bonchev–Trinajstić information content (AvgIpc) is 2.87. The first-order valence-electron chi connectivity index (χ1n) is 6.76. The Labute approximate surface area is 123 Å². The van der Waals surface area contributed by atoms with Gasteiger partial charge in [-0.25, -0.2) is 0 Å². The third kappa shape index (κ3) is 4.27. The van der Waals surface area contributed by atoms with Crippen LogP contribution in [0.2, 0.25) is 0 Å². The monoisotopic (exact) mass is 293 g/mol. The highest BCUT2D eigenvalue weighted by molar-refractivity contribution is 8.00. The lowest BCUT2D eigenvalue weighted by molar-refractivity contribution is -0.141. The van der Waals surface area contributed by atoms with Crippen molar-refractivity contribution in [1.29, 1.82) is 0 Å². The molecule has 0 saturated heterocycles. The smallest absolute Gasteiger partial charge is 0.306 e. The van der Waals surface area contributed by atoms with Crippen molar-refractivity contribution in [3.05, 3.63) is 29.8 Å². The molecule has 0 unspecified atom stereocenters. The van der Waals surface area contributed by atoms with Gasteiger partial charge >= 0.3 is 5.97 Å². The van der Waals surface area contributed by atoms with Crippen LogP contribution in [-0.4, -0.2) is 28.8 Å². The molecule has 0 radical (unpaired) electrons. The molecule has 0 spiro atoms. The van der Waals surface area contributed by atoms with Crippen molar-refractivity contribution < 1.29 is 14.7 Å². The molecule has 1 aromatic carbocycles. The molecular formula is C15H19NO3S. The predicted octanol–water partition coefficient (Wildman–Crippen LogP) is 2.46. The first-order valence-corrected chi connectivity index (χ1v) is 7.75. The van der Waals surface area contributed by atoms with E-state index in [1.807, 2.05) is 31.2 Å². The van der Waals surface area contributed by atoms with Crippen LogP contribution in [0.25, 0.3) is 0 Å². The lowest BCUT2D eigenvalue weighted by atomic mass is 10.1. The fraction of sp³-hybridized carbons (Fsp3) is 0.467. The highest BCUT2D eigenvalue weighted by Gasteiger charge is 2.30. The molecule has 1 aliphatic rings. The second-order valence-electron chi connectivity index (χ2n) is 5.21. The van der Waals surface area contributed by atoms with E-state index in [2.05, 4.69) is 5.32 Å². The first kappa shape index (κ1) is 14.9. The molecule has 0 bridgehead atoms. The normalized spacial score (nSPS) is 21.6. The molecule has 108 valence electrons. The Kier molecular flexibility index (Phi) is 5.06. The summed E-state index contributed by atoms with van der Waals surface area (Å²) >= 11 is 1.50. The lowest BCUT2D eigenvalue weighted by Crippen LogP contribution is -2.34. The topological polar surface area (TPSA) is 66.4 Å². The molecule has 0 aromatic heterocycles. The molecule has 0 heterocycles. The van der Waals surface area contributed by atoms with Gasteiger partial charge in [-0.2, -0.15) is 0 Å². The first-order chi connectivity index (χ1) is 9.54. The summed E-state index contributed by atoms with van der Waals surface area (Å²) in [6.45, 7) is 2.03. The van der Waals surface area contributed by atoms with E-state index < -0.39 is 5.97 Å². The van der Waals surface area contributed by atoms with Gasteiger partial charge in [0.25, 0.3) is 0 Å². The van der Waals surface area contributed by atoms with Crippen molar-refractivity contribution in [2.75, 3.05) is 5.75 Å². The van der Waals surface area contributed by atoms with E-state index in [1.54, 1.807) is 0 Å². The standard InChI is InChI=1S/C15H19NO3S/c1-10-2-6-13(7-3-10)20-9-14(17)16-12-5-4-11(8-12)15(18)19/h2-3,6-7,11-12H,4-5,8-9H2,1H3,(H,16,17)(H,18,19)/t11-,12+/m0/s1. The molecule has 1 fully saturated rings. The zero-order chi connectivity index (χ0) is 14.5. The lowest BCUT2D eigenvalue weighted by Gasteiger charge is -2.12. The molecule has 1 aromatic rings. The largest absolute Gasteiger partial charge is 0.481 e. The van der Waals surface area contributed by atoms with Gasteiger partial charge in [0.2, 0.25) is 5.91 Å². The fourth-order valence-corrected chi connectivity index (χ4v) is 3.10. The molecule has 2 rings (SSSR count). The van der Waals surface area contributed by atoms with Crippen molar-refractivity contribution in [3.63, 3.8) is 0 Å². The minimum absolute atomic E-state index is 0.0159. The zero-order valence-corrected chi connectivity index (χ0v) is 12.3. The number of thioether (sulfide) groups is 1. The van der Waals surface area contributed by atoms with Gasteiger partial charge in [0.15, 0.2) is 0 Å². The van der Waals surface area contributed by atoms with Gasteiger partial charge in [0.05, 0.1) is 11.7 Å². The van der Waals surface area contributed by atoms with Crippen LogP contribution < -0.4 is 5.32 Å². The van der Waals surface area contributed by atoms with Gasteiger partial charge in [0, 0.05) is 10.9 Å². The maximum Gasteiger partial charge on any atom is 0.306 e. The Morgan fingerprint density at radius 2 is 2.00 bits per heavy atom. The number of carbonyl (C=O) groups is 2. The number of carbonyl (C=O) groups excluding carboxylic acids is 1. The Morgan fingerprint density at radius 3 is 2.60 bits per heavy atom. The minimum Gasteiger partial charge on any atom is -0.481 e. The van der Waals surface area contributed by atoms with Gasteiger partial charge in [0.1, 0.15) is 0 Å². The predicted molar refractivity (Wildman–Crippen MR) is 78.8 cm³/mol. The van der Waals surface area contributed by atoms with Gasteiger partial charge < -0.3 is 10.4 Å². The van der Waals surface area contributed by atoms with Crippen LogP contribution in [0.4, 0.5) is 0 Å². The Morgan fingerprint density at radius 1 is 1.30 bits per heavy atom. The van der Waals surface area contributed by atoms with Gasteiger partial charge in [-0.3, -0.25) is 9.59 Å². The van der Waals surface area contributed by atoms with E-state index in [1.165, 1.54) is 17.3 Å². The Bertz CT molecular complexity index is 486. The van der Waals surface area contributed by atoms with Crippen LogP contribution in [-0.2, 0) is 9.59 Å². The van der Waals surface area contributed by atoms with E-state index in [-0.39, 0.29) is 17.9 Å². The summed E-state index contributed by atoms with van der Waals surface area (Å²) in [6.07, 6.45) is 1.97. The summed E-state index contributed by atoms with van der Waals surface area (Å²) in [5, 5.41) is 11.8. The number of aryl methyl sites for hydroxylation is 1. The molecular weight excluding hydrogens is 274 g/mol. The van der Waals surface area contributed by atoms with Gasteiger partial charge in [-0.1, -0.05) is 17.7 Å². The summed E-state index contributed by atoms with van der Waals surface area (Å²) in [6, 6.07) is 8.07. The van der Waals surface area contributed by atoms with Crippen LogP contribution in [0.3, 0.4) is 0 Å². The van der Waals surface area contributed by atoms with Gasteiger partial charge in [-0.05, 0) is 38.3 Å². The molecule has 20 heavy (non-hydrogen) atoms. The number of carboxylic acid groups (broad SMARTS) is 1. The molecule has 2 atom stereocenters. The number of hydrogen-bond donors (Lipinski definition) is 2. The molecule has 1 amide bonds. The number of nitrogens with one attached hydrogen (secondary N) is 1. The zero-order valence-electron chi connectivity index (χ0n) is 11.5. The summed E-state index contributed by atoms with van der Waals surface area (Å²) in [7, 11) is 0. The average molecular weight is 293 g/mol. The highest BCUT2D eigenvalue weighted by Crippen LogP contribution is 2.26. The van der Waals surface area contributed by atoms with E-state index in [0.717, 1.165) is 11.3 Å². The highest BCUT2D eigenvalue weighted by atomic mass is 32.2. The van der Waals surface area contributed by atoms with Gasteiger partial charge in [-0.15, -0.1) is 11.8 Å². The van der Waals surface area contributed by atoms with Crippen LogP contribution in [0, 0.1) is 12.8 Å². The molecule has 5 heteroatoms. The molecule has 2 N–H and O–H groups in total. The third-order valence-electron chi connectivity index (χ3n) is 3.54. The van der Waals surface area contributed by atoms with Crippen molar-refractivity contribution in [3.8, 4) is 0 Å². The second kappa shape index (κ2) is 6.79. The van der Waals surface area contributed by atoms with E-state index in [9.17, 15) is 9.59 Å². The van der Waals surface area contributed by atoms with Crippen molar-refractivity contribution in [2.24, 2.45) is 5.92 Å². The number of hydrogen-bond acceptors (Lipinski definition) is 3. The summed E-state index contributed by atoms with van der Waals surface area (Å²) in [4.78, 5) is 23.8. The number of rotatable bonds is 5. The maximum absolute atomic E-state index is 11.8. The minimum atomic E-state index is -0.754. The Balaban J connectivity index is 1.73. The van der Waals surface area contributed by atoms with E-state index >= 15 is 0 Å². The van der Waals surface area contributed by atoms with Crippen molar-refractivity contribution in [1.82, 2.24) is 5.32 Å². The SMILES string of the molecule is Cc1ccc(SCC(=O)N[C@@H]2CC[C@H](C(=O)O)C2)cc1. The van der Waals surface area contributed by atoms with Crippen molar-refractivity contribution in [2.45, 2.75) is 37.1 Å². The van der Waals surface area contributed by atoms with Crippen molar-refractivity contribution >= 4 is 23.6 Å². The number of carboxylic acids is 1. The molecule has 4 nitrogen and oxygen atoms in total. The summed E-state index contributed by atoms with van der Waals surface area (Å²) in [5.74, 6) is -0.704. The maximum atomic E-state index is 11.8. The quantitative estimate of drug-likeness (QED) is 0.818. The number of amides is 1. The number of benzene rings is 1. The van der Waals surface area contributed by atoms with Crippen LogP contribution in [0.5, 0.6) is 0 Å². The molecule has 1 saturated carbocycles. The Hall–Kier alpha value is -1.49. The molecule has 1 aliphatic carbocycles. The number of aliphatic carboxylic acids is 1. The third-order valence-corrected chi connectivity index (χ3v) is 4.55. The van der Waals surface area contributed by atoms with E-state index in [4.69, 9.17) is 5.11 Å². The summed E-state index contributed by atoms with van der Waals surface area (Å²) < 4.78 is 0. The van der Waals surface area contributed by atoms with Crippen LogP contribution in [0.1, 0.15) is 24.8 Å². The van der Waals surface area contributed by atoms with E-state index in [0.29, 0.717) is 18.6 Å². The second-order valence-corrected chi connectivity index (χ2v) is 6.26.